The van der Waals surface area contributed by atoms with Crippen molar-refractivity contribution in [3.05, 3.63) is 28.8 Å². The average molecular weight is 502 g/mol. The first-order valence-corrected chi connectivity index (χ1v) is 14.0. The van der Waals surface area contributed by atoms with Gasteiger partial charge >= 0.3 is 0 Å². The summed E-state index contributed by atoms with van der Waals surface area (Å²) in [6, 6.07) is 4.20. The van der Waals surface area contributed by atoms with Gasteiger partial charge in [-0.1, -0.05) is 61.5 Å². The molecule has 8 atom stereocenters. The molecule has 4 aliphatic heterocycles. The van der Waals surface area contributed by atoms with E-state index in [1.165, 1.54) is 12.0 Å². The van der Waals surface area contributed by atoms with Gasteiger partial charge in [-0.15, -0.1) is 0 Å². The molecule has 0 amide bonds. The highest BCUT2D eigenvalue weighted by atomic mass is 17.3. The lowest BCUT2D eigenvalue weighted by Gasteiger charge is -2.60. The van der Waals surface area contributed by atoms with Crippen LogP contribution < -0.4 is 5.32 Å². The molecule has 1 aromatic carbocycles. The zero-order valence-electron chi connectivity index (χ0n) is 23.7. The van der Waals surface area contributed by atoms with Gasteiger partial charge in [0.15, 0.2) is 11.9 Å². The minimum absolute atomic E-state index is 0.0399. The van der Waals surface area contributed by atoms with Crippen molar-refractivity contribution in [1.82, 2.24) is 5.32 Å². The molecule has 4 heterocycles. The monoisotopic (exact) mass is 501 g/mol. The number of rotatable bonds is 3. The van der Waals surface area contributed by atoms with Crippen molar-refractivity contribution in [2.75, 3.05) is 0 Å². The molecule has 202 valence electrons. The molecule has 5 fully saturated rings. The molecule has 6 nitrogen and oxygen atoms in total. The number of fused-ring (bicyclic) bond motifs is 2. The Morgan fingerprint density at radius 2 is 1.69 bits per heavy atom. The fourth-order valence-electron chi connectivity index (χ4n) is 7.29. The number of hydrogen-bond acceptors (Lipinski definition) is 6. The maximum Gasteiger partial charge on any atom is 0.201 e. The van der Waals surface area contributed by atoms with Crippen molar-refractivity contribution in [2.45, 2.75) is 129 Å². The minimum atomic E-state index is -0.775. The van der Waals surface area contributed by atoms with E-state index >= 15 is 0 Å². The lowest BCUT2D eigenvalue weighted by molar-refractivity contribution is -0.571. The summed E-state index contributed by atoms with van der Waals surface area (Å²) >= 11 is 0. The highest BCUT2D eigenvalue weighted by Crippen LogP contribution is 2.60. The minimum Gasteiger partial charge on any atom is -0.508 e. The molecule has 0 radical (unpaired) electrons. The summed E-state index contributed by atoms with van der Waals surface area (Å²) in [4.78, 5) is 12.2. The lowest BCUT2D eigenvalue weighted by Crippen LogP contribution is -2.71. The van der Waals surface area contributed by atoms with Crippen LogP contribution in [0.3, 0.4) is 0 Å². The van der Waals surface area contributed by atoms with E-state index in [0.29, 0.717) is 24.1 Å². The normalized spacial score (nSPS) is 40.6. The Morgan fingerprint density at radius 1 is 0.972 bits per heavy atom. The molecule has 0 aromatic heterocycles. The quantitative estimate of drug-likeness (QED) is 0.475. The summed E-state index contributed by atoms with van der Waals surface area (Å²) < 4.78 is 13.2. The molecule has 1 spiro atoms. The third-order valence-corrected chi connectivity index (χ3v) is 9.54. The van der Waals surface area contributed by atoms with Crippen molar-refractivity contribution in [1.29, 1.82) is 0 Å². The molecule has 5 aliphatic rings. The molecule has 1 aromatic rings. The van der Waals surface area contributed by atoms with Crippen LogP contribution in [0.1, 0.15) is 105 Å². The first-order valence-electron chi connectivity index (χ1n) is 14.0. The van der Waals surface area contributed by atoms with Gasteiger partial charge in [-0.05, 0) is 66.0 Å². The van der Waals surface area contributed by atoms with Crippen LogP contribution in [0.25, 0.3) is 0 Å². The summed E-state index contributed by atoms with van der Waals surface area (Å²) in [7, 11) is 0. The van der Waals surface area contributed by atoms with Gasteiger partial charge in [-0.2, -0.15) is 0 Å². The molecule has 1 aliphatic carbocycles. The van der Waals surface area contributed by atoms with Crippen molar-refractivity contribution in [3.8, 4) is 5.75 Å². The average Bonchev–Trinajstić information content (AvgIpc) is 3.00. The second kappa shape index (κ2) is 8.67. The van der Waals surface area contributed by atoms with Crippen LogP contribution in [0, 0.1) is 23.7 Å². The van der Waals surface area contributed by atoms with Crippen molar-refractivity contribution < 1.29 is 24.4 Å². The molecule has 6 rings (SSSR count). The standard InChI is InChI=1S/C30H47NO5/c1-17-10-11-22-18(2)25(33-26-30(22)21(17)12-13-29(9,34-26)35-36-30)31-16-20-23(28(6,7)8)14-19(15-24(20)32)27(3,4)5/h14-15,17-18,21-22,25-26,31-32H,10-13,16H2,1-9H3/t17-,18-,21+,22?,25?,26-,29+,30-/m1/s1. The number of phenols is 1. The van der Waals surface area contributed by atoms with Crippen LogP contribution in [0.2, 0.25) is 0 Å². The Morgan fingerprint density at radius 3 is 2.36 bits per heavy atom. The van der Waals surface area contributed by atoms with Crippen LogP contribution in [0.5, 0.6) is 5.75 Å². The van der Waals surface area contributed by atoms with Gasteiger partial charge in [0, 0.05) is 30.4 Å². The first kappa shape index (κ1) is 26.4. The van der Waals surface area contributed by atoms with Crippen LogP contribution in [-0.4, -0.2) is 29.0 Å². The second-order valence-electron chi connectivity index (χ2n) is 14.2. The number of benzene rings is 1. The Balaban J connectivity index is 1.44. The molecular formula is C30H47NO5. The summed E-state index contributed by atoms with van der Waals surface area (Å²) in [5, 5.41) is 14.8. The molecular weight excluding hydrogens is 454 g/mol. The molecule has 4 saturated heterocycles. The number of hydrogen-bond donors (Lipinski definition) is 2. The summed E-state index contributed by atoms with van der Waals surface area (Å²) in [6.07, 6.45) is 3.42. The summed E-state index contributed by atoms with van der Waals surface area (Å²) in [5.74, 6) is 0.958. The fourth-order valence-corrected chi connectivity index (χ4v) is 7.29. The molecule has 6 heteroatoms. The van der Waals surface area contributed by atoms with E-state index in [0.717, 1.165) is 30.4 Å². The smallest absolute Gasteiger partial charge is 0.201 e. The Hall–Kier alpha value is -1.18. The number of ether oxygens (including phenoxy) is 2. The van der Waals surface area contributed by atoms with Crippen molar-refractivity contribution in [3.63, 3.8) is 0 Å². The Kier molecular flexibility index (Phi) is 6.36. The van der Waals surface area contributed by atoms with Crippen LogP contribution >= 0.6 is 0 Å². The SMILES string of the molecule is C[C@H]1C(NCc2c(O)cc(C(C)(C)C)cc2C(C)(C)C)O[C@@H]2O[C@]3(C)CC[C@H]4[C@H](C)CCC1[C@@]24OO3. The van der Waals surface area contributed by atoms with E-state index in [1.54, 1.807) is 0 Å². The Labute approximate surface area is 217 Å². The topological polar surface area (TPSA) is 69.2 Å². The maximum atomic E-state index is 11.2. The van der Waals surface area contributed by atoms with Gasteiger partial charge in [0.05, 0.1) is 0 Å². The van der Waals surface area contributed by atoms with E-state index < -0.39 is 17.7 Å². The summed E-state index contributed by atoms with van der Waals surface area (Å²) in [5.41, 5.74) is 2.56. The highest BCUT2D eigenvalue weighted by molar-refractivity contribution is 5.48. The zero-order valence-corrected chi connectivity index (χ0v) is 23.7. The van der Waals surface area contributed by atoms with Gasteiger partial charge in [-0.25, -0.2) is 9.78 Å². The van der Waals surface area contributed by atoms with Gasteiger partial charge in [0.1, 0.15) is 12.0 Å². The largest absolute Gasteiger partial charge is 0.508 e. The van der Waals surface area contributed by atoms with E-state index in [4.69, 9.17) is 19.2 Å². The number of aromatic hydroxyl groups is 1. The lowest BCUT2D eigenvalue weighted by atomic mass is 9.58. The van der Waals surface area contributed by atoms with Crippen molar-refractivity contribution in [2.24, 2.45) is 23.7 Å². The van der Waals surface area contributed by atoms with E-state index in [1.807, 2.05) is 13.0 Å². The highest BCUT2D eigenvalue weighted by Gasteiger charge is 2.69. The Bertz CT molecular complexity index is 996. The second-order valence-corrected chi connectivity index (χ2v) is 14.2. The van der Waals surface area contributed by atoms with Crippen LogP contribution in [0.15, 0.2) is 12.1 Å². The molecule has 2 unspecified atom stereocenters. The predicted octanol–water partition coefficient (Wildman–Crippen LogP) is 6.28. The van der Waals surface area contributed by atoms with Gasteiger partial charge in [0.25, 0.3) is 0 Å². The van der Waals surface area contributed by atoms with E-state index in [-0.39, 0.29) is 28.9 Å². The molecule has 36 heavy (non-hydrogen) atoms. The number of nitrogens with one attached hydrogen (secondary N) is 1. The van der Waals surface area contributed by atoms with Gasteiger partial charge in [0.2, 0.25) is 5.79 Å². The predicted molar refractivity (Wildman–Crippen MR) is 139 cm³/mol. The molecule has 1 saturated carbocycles. The van der Waals surface area contributed by atoms with Crippen LogP contribution in [0.4, 0.5) is 0 Å². The maximum absolute atomic E-state index is 11.2. The number of phenolic OH excluding ortho intramolecular Hbond substituents is 1. The fraction of sp³-hybridized carbons (Fsp3) is 0.800. The van der Waals surface area contributed by atoms with E-state index in [9.17, 15) is 5.11 Å². The first-order chi connectivity index (χ1) is 16.7. The van der Waals surface area contributed by atoms with Crippen molar-refractivity contribution >= 4 is 0 Å². The van der Waals surface area contributed by atoms with Gasteiger partial charge < -0.3 is 14.6 Å². The zero-order chi connectivity index (χ0) is 26.3. The summed E-state index contributed by atoms with van der Waals surface area (Å²) in [6.45, 7) is 20.3. The van der Waals surface area contributed by atoms with E-state index in [2.05, 4.69) is 66.8 Å². The molecule has 2 bridgehead atoms. The third kappa shape index (κ3) is 4.21. The van der Waals surface area contributed by atoms with Crippen LogP contribution in [-0.2, 0) is 36.6 Å². The van der Waals surface area contributed by atoms with Gasteiger partial charge in [-0.3, -0.25) is 5.32 Å². The third-order valence-electron chi connectivity index (χ3n) is 9.54. The molecule has 2 N–H and O–H groups in total.